The van der Waals surface area contributed by atoms with Gasteiger partial charge in [-0.3, -0.25) is 4.90 Å². The summed E-state index contributed by atoms with van der Waals surface area (Å²) in [5.41, 5.74) is 3.39. The molecule has 0 saturated carbocycles. The molecule has 0 N–H and O–H groups in total. The summed E-state index contributed by atoms with van der Waals surface area (Å²) >= 11 is 0. The molecular weight excluding hydrogens is 366 g/mol. The van der Waals surface area contributed by atoms with Crippen LogP contribution in [0.15, 0.2) is 54.7 Å². The van der Waals surface area contributed by atoms with E-state index in [2.05, 4.69) is 46.0 Å². The Morgan fingerprint density at radius 2 is 1.72 bits per heavy atom. The van der Waals surface area contributed by atoms with Crippen LogP contribution in [0.2, 0.25) is 0 Å². The van der Waals surface area contributed by atoms with Crippen LogP contribution in [0.5, 0.6) is 11.5 Å². The standard InChI is InChI=1S/C23H25N3O3/c1-16-24-19(11-25(16)2)12-26-13-22(17-6-4-3-5-7-17)29-23(14-26)18-8-9-20-21(10-18)28-15-27-20/h3-11,22-23H,12-15H2,1-2H3/t22-,23+/m0/s1. The second-order valence-corrected chi connectivity index (χ2v) is 7.72. The average molecular weight is 391 g/mol. The van der Waals surface area contributed by atoms with Gasteiger partial charge < -0.3 is 18.8 Å². The number of aryl methyl sites for hydroxylation is 2. The fourth-order valence-electron chi connectivity index (χ4n) is 4.04. The van der Waals surface area contributed by atoms with Gasteiger partial charge in [-0.1, -0.05) is 36.4 Å². The Kier molecular flexibility index (Phi) is 4.73. The third-order valence-corrected chi connectivity index (χ3v) is 5.66. The number of nitrogens with zero attached hydrogens (tertiary/aromatic N) is 3. The summed E-state index contributed by atoms with van der Waals surface area (Å²) in [7, 11) is 2.04. The Morgan fingerprint density at radius 3 is 2.48 bits per heavy atom. The topological polar surface area (TPSA) is 48.8 Å². The Labute approximate surface area is 170 Å². The number of morpholine rings is 1. The fourth-order valence-corrected chi connectivity index (χ4v) is 4.04. The number of fused-ring (bicyclic) bond motifs is 1. The van der Waals surface area contributed by atoms with Crippen LogP contribution in [0, 0.1) is 6.92 Å². The van der Waals surface area contributed by atoms with E-state index in [1.807, 2.05) is 32.2 Å². The van der Waals surface area contributed by atoms with Gasteiger partial charge >= 0.3 is 0 Å². The maximum Gasteiger partial charge on any atom is 0.231 e. The number of hydrogen-bond donors (Lipinski definition) is 0. The quantitative estimate of drug-likeness (QED) is 0.678. The van der Waals surface area contributed by atoms with Gasteiger partial charge in [0.25, 0.3) is 0 Å². The molecule has 2 aromatic carbocycles. The predicted molar refractivity (Wildman–Crippen MR) is 109 cm³/mol. The molecular formula is C23H25N3O3. The molecule has 2 aliphatic rings. The van der Waals surface area contributed by atoms with Crippen molar-refractivity contribution in [3.05, 3.63) is 77.4 Å². The molecule has 6 nitrogen and oxygen atoms in total. The summed E-state index contributed by atoms with van der Waals surface area (Å²) in [6.45, 7) is 4.75. The molecule has 0 bridgehead atoms. The van der Waals surface area contributed by atoms with Gasteiger partial charge in [0.05, 0.1) is 17.9 Å². The molecule has 5 rings (SSSR count). The molecule has 0 amide bonds. The second-order valence-electron chi connectivity index (χ2n) is 7.72. The van der Waals surface area contributed by atoms with Gasteiger partial charge in [-0.2, -0.15) is 0 Å². The first-order valence-electron chi connectivity index (χ1n) is 9.97. The molecule has 0 spiro atoms. The van der Waals surface area contributed by atoms with Crippen molar-refractivity contribution in [3.63, 3.8) is 0 Å². The van der Waals surface area contributed by atoms with Gasteiger partial charge in [-0.05, 0) is 30.2 Å². The van der Waals surface area contributed by atoms with Gasteiger partial charge in [0.1, 0.15) is 5.82 Å². The van der Waals surface area contributed by atoms with Gasteiger partial charge in [0.15, 0.2) is 11.5 Å². The lowest BCUT2D eigenvalue weighted by atomic mass is 10.0. The summed E-state index contributed by atoms with van der Waals surface area (Å²) in [6.07, 6.45) is 2.07. The van der Waals surface area contributed by atoms with Crippen molar-refractivity contribution in [2.75, 3.05) is 19.9 Å². The predicted octanol–water partition coefficient (Wildman–Crippen LogP) is 3.77. The minimum absolute atomic E-state index is 0.00480. The first-order valence-corrected chi connectivity index (χ1v) is 9.97. The summed E-state index contributed by atoms with van der Waals surface area (Å²) in [6, 6.07) is 16.5. The zero-order chi connectivity index (χ0) is 19.8. The molecule has 2 aliphatic heterocycles. The van der Waals surface area contributed by atoms with Crippen molar-refractivity contribution in [2.24, 2.45) is 7.05 Å². The van der Waals surface area contributed by atoms with Crippen molar-refractivity contribution in [2.45, 2.75) is 25.7 Å². The second kappa shape index (κ2) is 7.54. The van der Waals surface area contributed by atoms with Gasteiger partial charge in [-0.25, -0.2) is 4.98 Å². The van der Waals surface area contributed by atoms with Crippen molar-refractivity contribution in [1.82, 2.24) is 14.5 Å². The van der Waals surface area contributed by atoms with E-state index in [1.54, 1.807) is 0 Å². The Bertz CT molecular complexity index is 982. The Hall–Kier alpha value is -2.83. The zero-order valence-electron chi connectivity index (χ0n) is 16.7. The van der Waals surface area contributed by atoms with E-state index in [4.69, 9.17) is 19.2 Å². The first-order chi connectivity index (χ1) is 14.2. The number of hydrogen-bond acceptors (Lipinski definition) is 5. The summed E-state index contributed by atoms with van der Waals surface area (Å²) in [5, 5.41) is 0. The van der Waals surface area contributed by atoms with Crippen molar-refractivity contribution in [1.29, 1.82) is 0 Å². The maximum atomic E-state index is 6.55. The van der Waals surface area contributed by atoms with E-state index >= 15 is 0 Å². The highest BCUT2D eigenvalue weighted by Crippen LogP contribution is 2.38. The molecule has 1 aromatic heterocycles. The molecule has 29 heavy (non-hydrogen) atoms. The van der Waals surface area contributed by atoms with Gasteiger partial charge in [0.2, 0.25) is 6.79 Å². The van der Waals surface area contributed by atoms with E-state index in [0.717, 1.165) is 48.2 Å². The molecule has 2 atom stereocenters. The smallest absolute Gasteiger partial charge is 0.231 e. The molecule has 3 heterocycles. The van der Waals surface area contributed by atoms with Crippen LogP contribution < -0.4 is 9.47 Å². The highest BCUT2D eigenvalue weighted by atomic mass is 16.7. The number of aromatic nitrogens is 2. The lowest BCUT2D eigenvalue weighted by Crippen LogP contribution is -2.39. The van der Waals surface area contributed by atoms with Crippen LogP contribution in [-0.4, -0.2) is 34.3 Å². The van der Waals surface area contributed by atoms with E-state index in [-0.39, 0.29) is 19.0 Å². The molecule has 1 saturated heterocycles. The summed E-state index contributed by atoms with van der Waals surface area (Å²) < 4.78 is 19.7. The van der Waals surface area contributed by atoms with Crippen LogP contribution in [0.3, 0.4) is 0 Å². The Morgan fingerprint density at radius 1 is 0.966 bits per heavy atom. The van der Waals surface area contributed by atoms with Crippen LogP contribution in [0.4, 0.5) is 0 Å². The van der Waals surface area contributed by atoms with E-state index in [9.17, 15) is 0 Å². The van der Waals surface area contributed by atoms with Gasteiger partial charge in [0, 0.05) is 32.9 Å². The van der Waals surface area contributed by atoms with E-state index < -0.39 is 0 Å². The summed E-state index contributed by atoms with van der Waals surface area (Å²) in [5.74, 6) is 2.62. The first kappa shape index (κ1) is 18.2. The third kappa shape index (κ3) is 3.73. The number of ether oxygens (including phenoxy) is 3. The number of benzene rings is 2. The maximum absolute atomic E-state index is 6.55. The number of imidazole rings is 1. The van der Waals surface area contributed by atoms with Crippen molar-refractivity contribution in [3.8, 4) is 11.5 Å². The fraction of sp³-hybridized carbons (Fsp3) is 0.348. The normalized spacial score (nSPS) is 21.4. The minimum atomic E-state index is -0.0479. The SMILES string of the molecule is Cc1nc(CN2C[C@@H](c3ccccc3)O[C@@H](c3ccc4c(c3)OCO4)C2)cn1C. The Balaban J connectivity index is 1.42. The monoisotopic (exact) mass is 391 g/mol. The van der Waals surface area contributed by atoms with Crippen LogP contribution in [-0.2, 0) is 18.3 Å². The lowest BCUT2D eigenvalue weighted by Gasteiger charge is -2.38. The molecule has 0 unspecified atom stereocenters. The van der Waals surface area contributed by atoms with Gasteiger partial charge in [-0.15, -0.1) is 0 Å². The summed E-state index contributed by atoms with van der Waals surface area (Å²) in [4.78, 5) is 7.12. The van der Waals surface area contributed by atoms with Crippen LogP contribution in [0.25, 0.3) is 0 Å². The molecule has 0 radical (unpaired) electrons. The van der Waals surface area contributed by atoms with E-state index in [1.165, 1.54) is 5.56 Å². The zero-order valence-corrected chi connectivity index (χ0v) is 16.7. The van der Waals surface area contributed by atoms with Crippen molar-refractivity contribution >= 4 is 0 Å². The van der Waals surface area contributed by atoms with Crippen LogP contribution in [0.1, 0.15) is 34.9 Å². The average Bonchev–Trinajstić information content (AvgIpc) is 3.33. The minimum Gasteiger partial charge on any atom is -0.454 e. The molecule has 3 aromatic rings. The van der Waals surface area contributed by atoms with Crippen LogP contribution >= 0.6 is 0 Å². The molecule has 0 aliphatic carbocycles. The highest BCUT2D eigenvalue weighted by molar-refractivity contribution is 5.45. The van der Waals surface area contributed by atoms with Crippen molar-refractivity contribution < 1.29 is 14.2 Å². The third-order valence-electron chi connectivity index (χ3n) is 5.66. The largest absolute Gasteiger partial charge is 0.454 e. The highest BCUT2D eigenvalue weighted by Gasteiger charge is 2.31. The molecule has 6 heteroatoms. The molecule has 1 fully saturated rings. The van der Waals surface area contributed by atoms with E-state index in [0.29, 0.717) is 0 Å². The lowest BCUT2D eigenvalue weighted by molar-refractivity contribution is -0.0925. The molecule has 150 valence electrons. The number of rotatable bonds is 4.